The van der Waals surface area contributed by atoms with Crippen molar-refractivity contribution in [3.05, 3.63) is 29.8 Å². The highest BCUT2D eigenvalue weighted by Gasteiger charge is 2.38. The van der Waals surface area contributed by atoms with Crippen LogP contribution in [0.3, 0.4) is 0 Å². The highest BCUT2D eigenvalue weighted by atomic mass is 19.3. The average molecular weight is 297 g/mol. The Bertz CT molecular complexity index is 505. The molecule has 1 fully saturated rings. The average Bonchev–Trinajstić information content (AvgIpc) is 2.71. The number of halogens is 2. The molecule has 1 aromatic carbocycles. The molecule has 0 aromatic heterocycles. The van der Waals surface area contributed by atoms with Crippen LogP contribution >= 0.6 is 0 Å². The molecule has 1 N–H and O–H groups in total. The summed E-state index contributed by atoms with van der Waals surface area (Å²) in [4.78, 5) is 11.6. The molecule has 116 valence electrons. The Labute approximate surface area is 123 Å². The van der Waals surface area contributed by atoms with Crippen LogP contribution in [0.1, 0.15) is 38.7 Å². The molecule has 0 saturated carbocycles. The molecular formula is C16H21F2NO2. The normalized spacial score (nSPS) is 21.9. The third kappa shape index (κ3) is 4.16. The molecule has 0 bridgehead atoms. The standard InChI is InChI=1S/C16H21F2NO2/c1-11(2)9-16(8-7-14(20)19-16)10-12-5-3-4-6-13(12)21-15(17)18/h3-6,11,15H,7-10H2,1-2H3,(H,19,20). The first-order valence-electron chi connectivity index (χ1n) is 7.24. The summed E-state index contributed by atoms with van der Waals surface area (Å²) in [7, 11) is 0. The van der Waals surface area contributed by atoms with Crippen LogP contribution in [0.25, 0.3) is 0 Å². The van der Waals surface area contributed by atoms with E-state index in [4.69, 9.17) is 0 Å². The van der Waals surface area contributed by atoms with E-state index >= 15 is 0 Å². The number of hydrogen-bond donors (Lipinski definition) is 1. The number of carbonyl (C=O) groups excluding carboxylic acids is 1. The van der Waals surface area contributed by atoms with Crippen molar-refractivity contribution in [1.29, 1.82) is 0 Å². The second-order valence-electron chi connectivity index (χ2n) is 6.09. The van der Waals surface area contributed by atoms with Gasteiger partial charge >= 0.3 is 6.61 Å². The summed E-state index contributed by atoms with van der Waals surface area (Å²) >= 11 is 0. The first kappa shape index (κ1) is 15.7. The predicted octanol–water partition coefficient (Wildman–Crippen LogP) is 3.53. The minimum atomic E-state index is -2.84. The molecule has 1 saturated heterocycles. The van der Waals surface area contributed by atoms with Gasteiger partial charge in [0.05, 0.1) is 0 Å². The van der Waals surface area contributed by atoms with Crippen LogP contribution in [0.15, 0.2) is 24.3 Å². The predicted molar refractivity (Wildman–Crippen MR) is 76.3 cm³/mol. The largest absolute Gasteiger partial charge is 0.435 e. The third-order valence-corrected chi connectivity index (χ3v) is 3.75. The Morgan fingerprint density at radius 3 is 2.62 bits per heavy atom. The van der Waals surface area contributed by atoms with E-state index in [-0.39, 0.29) is 17.2 Å². The Morgan fingerprint density at radius 2 is 2.05 bits per heavy atom. The molecule has 2 rings (SSSR count). The second kappa shape index (κ2) is 6.41. The van der Waals surface area contributed by atoms with Crippen molar-refractivity contribution in [1.82, 2.24) is 5.32 Å². The number of benzene rings is 1. The number of para-hydroxylation sites is 1. The number of hydrogen-bond acceptors (Lipinski definition) is 2. The molecule has 3 nitrogen and oxygen atoms in total. The molecule has 0 spiro atoms. The third-order valence-electron chi connectivity index (χ3n) is 3.75. The van der Waals surface area contributed by atoms with E-state index in [1.54, 1.807) is 24.3 Å². The van der Waals surface area contributed by atoms with Crippen LogP contribution < -0.4 is 10.1 Å². The van der Waals surface area contributed by atoms with E-state index < -0.39 is 6.61 Å². The lowest BCUT2D eigenvalue weighted by molar-refractivity contribution is -0.119. The zero-order valence-corrected chi connectivity index (χ0v) is 12.4. The van der Waals surface area contributed by atoms with Crippen molar-refractivity contribution in [3.8, 4) is 5.75 Å². The summed E-state index contributed by atoms with van der Waals surface area (Å²) in [5, 5.41) is 3.05. The van der Waals surface area contributed by atoms with Crippen molar-refractivity contribution in [2.75, 3.05) is 0 Å². The van der Waals surface area contributed by atoms with E-state index in [1.807, 2.05) is 0 Å². The lowest BCUT2D eigenvalue weighted by Gasteiger charge is -2.31. The van der Waals surface area contributed by atoms with Gasteiger partial charge in [-0.1, -0.05) is 32.0 Å². The van der Waals surface area contributed by atoms with Gasteiger partial charge in [0, 0.05) is 12.0 Å². The number of rotatable bonds is 6. The van der Waals surface area contributed by atoms with Crippen LogP contribution in [-0.2, 0) is 11.2 Å². The minimum Gasteiger partial charge on any atom is -0.435 e. The molecule has 1 aliphatic rings. The van der Waals surface area contributed by atoms with Gasteiger partial charge in [-0.3, -0.25) is 4.79 Å². The van der Waals surface area contributed by atoms with Crippen LogP contribution in [-0.4, -0.2) is 18.1 Å². The van der Waals surface area contributed by atoms with Gasteiger partial charge in [-0.05, 0) is 36.8 Å². The van der Waals surface area contributed by atoms with Crippen molar-refractivity contribution in [2.24, 2.45) is 5.92 Å². The maximum Gasteiger partial charge on any atom is 0.387 e. The molecule has 0 radical (unpaired) electrons. The molecule has 1 aliphatic heterocycles. The van der Waals surface area contributed by atoms with E-state index in [0.717, 1.165) is 12.8 Å². The highest BCUT2D eigenvalue weighted by Crippen LogP contribution is 2.34. The molecule has 1 amide bonds. The zero-order valence-electron chi connectivity index (χ0n) is 12.4. The van der Waals surface area contributed by atoms with E-state index in [9.17, 15) is 13.6 Å². The molecule has 1 atom stereocenters. The fourth-order valence-corrected chi connectivity index (χ4v) is 3.14. The number of alkyl halides is 2. The smallest absolute Gasteiger partial charge is 0.387 e. The van der Waals surface area contributed by atoms with Gasteiger partial charge in [-0.15, -0.1) is 0 Å². The van der Waals surface area contributed by atoms with Crippen molar-refractivity contribution < 1.29 is 18.3 Å². The number of nitrogens with one attached hydrogen (secondary N) is 1. The molecule has 1 unspecified atom stereocenters. The molecule has 5 heteroatoms. The number of amides is 1. The highest BCUT2D eigenvalue weighted by molar-refractivity contribution is 5.79. The van der Waals surface area contributed by atoms with Gasteiger partial charge in [-0.2, -0.15) is 8.78 Å². The van der Waals surface area contributed by atoms with Crippen molar-refractivity contribution in [3.63, 3.8) is 0 Å². The summed E-state index contributed by atoms with van der Waals surface area (Å²) in [6.07, 6.45) is 2.55. The fourth-order valence-electron chi connectivity index (χ4n) is 3.14. The Hall–Kier alpha value is -1.65. The van der Waals surface area contributed by atoms with Crippen molar-refractivity contribution in [2.45, 2.75) is 51.7 Å². The van der Waals surface area contributed by atoms with Crippen LogP contribution in [0.4, 0.5) is 8.78 Å². The summed E-state index contributed by atoms with van der Waals surface area (Å²) in [6, 6.07) is 6.79. The fraction of sp³-hybridized carbons (Fsp3) is 0.562. The van der Waals surface area contributed by atoms with Crippen LogP contribution in [0, 0.1) is 5.92 Å². The molecule has 1 heterocycles. The lowest BCUT2D eigenvalue weighted by atomic mass is 9.82. The van der Waals surface area contributed by atoms with Gasteiger partial charge < -0.3 is 10.1 Å². The van der Waals surface area contributed by atoms with Crippen LogP contribution in [0.5, 0.6) is 5.75 Å². The van der Waals surface area contributed by atoms with Crippen LogP contribution in [0.2, 0.25) is 0 Å². The van der Waals surface area contributed by atoms with Crippen molar-refractivity contribution >= 4 is 5.91 Å². The number of carbonyl (C=O) groups is 1. The number of ether oxygens (including phenoxy) is 1. The Morgan fingerprint density at radius 1 is 1.33 bits per heavy atom. The maximum absolute atomic E-state index is 12.5. The molecule has 0 aliphatic carbocycles. The maximum atomic E-state index is 12.5. The molecule has 21 heavy (non-hydrogen) atoms. The lowest BCUT2D eigenvalue weighted by Crippen LogP contribution is -2.44. The van der Waals surface area contributed by atoms with E-state index in [2.05, 4.69) is 23.9 Å². The summed E-state index contributed by atoms with van der Waals surface area (Å²) < 4.78 is 29.6. The van der Waals surface area contributed by atoms with Gasteiger partial charge in [0.15, 0.2) is 0 Å². The summed E-state index contributed by atoms with van der Waals surface area (Å²) in [5.41, 5.74) is 0.355. The summed E-state index contributed by atoms with van der Waals surface area (Å²) in [6.45, 7) is 1.34. The monoisotopic (exact) mass is 297 g/mol. The molecular weight excluding hydrogens is 276 g/mol. The van der Waals surface area contributed by atoms with Gasteiger partial charge in [0.2, 0.25) is 5.91 Å². The quantitative estimate of drug-likeness (QED) is 0.872. The van der Waals surface area contributed by atoms with Gasteiger partial charge in [0.1, 0.15) is 5.75 Å². The topological polar surface area (TPSA) is 38.3 Å². The first-order valence-corrected chi connectivity index (χ1v) is 7.24. The Kier molecular flexibility index (Phi) is 4.80. The van der Waals surface area contributed by atoms with E-state index in [1.165, 1.54) is 0 Å². The zero-order chi connectivity index (χ0) is 15.5. The summed E-state index contributed by atoms with van der Waals surface area (Å²) in [5.74, 6) is 0.631. The van der Waals surface area contributed by atoms with Gasteiger partial charge in [-0.25, -0.2) is 0 Å². The second-order valence-corrected chi connectivity index (χ2v) is 6.09. The SMILES string of the molecule is CC(C)CC1(Cc2ccccc2OC(F)F)CCC(=O)N1. The van der Waals surface area contributed by atoms with E-state index in [0.29, 0.717) is 24.3 Å². The first-order chi connectivity index (χ1) is 9.90. The Balaban J connectivity index is 2.23. The minimum absolute atomic E-state index is 0.0305. The molecule has 1 aromatic rings. The van der Waals surface area contributed by atoms with Gasteiger partial charge in [0.25, 0.3) is 0 Å².